The molecule has 17 heavy (non-hydrogen) atoms. The van der Waals surface area contributed by atoms with E-state index < -0.39 is 0 Å². The SMILES string of the molecule is CC(=O)c1ccc(OCC(=O)C(C)(C)C)cc1. The molecule has 0 atom stereocenters. The maximum Gasteiger partial charge on any atom is 0.175 e. The number of hydrogen-bond acceptors (Lipinski definition) is 3. The first-order chi connectivity index (χ1) is 7.80. The molecule has 0 saturated heterocycles. The summed E-state index contributed by atoms with van der Waals surface area (Å²) in [5.74, 6) is 0.670. The second-order valence-corrected chi connectivity index (χ2v) is 5.04. The highest BCUT2D eigenvalue weighted by atomic mass is 16.5. The minimum atomic E-state index is -0.390. The summed E-state index contributed by atoms with van der Waals surface area (Å²) in [6.45, 7) is 7.15. The zero-order valence-corrected chi connectivity index (χ0v) is 10.7. The largest absolute Gasteiger partial charge is 0.486 e. The highest BCUT2D eigenvalue weighted by Crippen LogP contribution is 2.17. The molecule has 92 valence electrons. The van der Waals surface area contributed by atoms with Crippen molar-refractivity contribution in [1.29, 1.82) is 0 Å². The fourth-order valence-corrected chi connectivity index (χ4v) is 1.15. The van der Waals surface area contributed by atoms with Crippen molar-refractivity contribution in [1.82, 2.24) is 0 Å². The third-order valence-electron chi connectivity index (χ3n) is 2.47. The van der Waals surface area contributed by atoms with Crippen molar-refractivity contribution < 1.29 is 14.3 Å². The highest BCUT2D eigenvalue weighted by molar-refractivity contribution is 5.94. The van der Waals surface area contributed by atoms with E-state index in [2.05, 4.69) is 0 Å². The van der Waals surface area contributed by atoms with Crippen molar-refractivity contribution in [3.63, 3.8) is 0 Å². The van der Waals surface area contributed by atoms with E-state index in [4.69, 9.17) is 4.74 Å². The van der Waals surface area contributed by atoms with Gasteiger partial charge in [-0.3, -0.25) is 9.59 Å². The van der Waals surface area contributed by atoms with Gasteiger partial charge in [-0.1, -0.05) is 20.8 Å². The monoisotopic (exact) mass is 234 g/mol. The fraction of sp³-hybridized carbons (Fsp3) is 0.429. The normalized spacial score (nSPS) is 11.1. The maximum atomic E-state index is 11.6. The number of ketones is 2. The van der Waals surface area contributed by atoms with Gasteiger partial charge in [0.1, 0.15) is 12.4 Å². The Morgan fingerprint density at radius 2 is 1.65 bits per heavy atom. The average Bonchev–Trinajstić information content (AvgIpc) is 2.25. The Kier molecular flexibility index (Phi) is 4.05. The second-order valence-electron chi connectivity index (χ2n) is 5.04. The van der Waals surface area contributed by atoms with Crippen molar-refractivity contribution in [2.24, 2.45) is 5.41 Å². The highest BCUT2D eigenvalue weighted by Gasteiger charge is 2.21. The predicted octanol–water partition coefficient (Wildman–Crippen LogP) is 2.88. The van der Waals surface area contributed by atoms with Crippen molar-refractivity contribution in [2.75, 3.05) is 6.61 Å². The van der Waals surface area contributed by atoms with Gasteiger partial charge < -0.3 is 4.74 Å². The molecule has 3 heteroatoms. The van der Waals surface area contributed by atoms with Gasteiger partial charge in [0.05, 0.1) is 0 Å². The summed E-state index contributed by atoms with van der Waals surface area (Å²) in [7, 11) is 0. The lowest BCUT2D eigenvalue weighted by molar-refractivity contribution is -0.128. The first-order valence-electron chi connectivity index (χ1n) is 5.58. The summed E-state index contributed by atoms with van der Waals surface area (Å²) in [5.41, 5.74) is 0.249. The van der Waals surface area contributed by atoms with Gasteiger partial charge >= 0.3 is 0 Å². The Morgan fingerprint density at radius 1 is 1.12 bits per heavy atom. The van der Waals surface area contributed by atoms with E-state index in [1.807, 2.05) is 20.8 Å². The molecule has 0 fully saturated rings. The van der Waals surface area contributed by atoms with E-state index in [9.17, 15) is 9.59 Å². The van der Waals surface area contributed by atoms with Crippen LogP contribution in [0.2, 0.25) is 0 Å². The summed E-state index contributed by atoms with van der Waals surface area (Å²) >= 11 is 0. The number of carbonyl (C=O) groups is 2. The zero-order chi connectivity index (χ0) is 13.1. The molecule has 0 unspecified atom stereocenters. The average molecular weight is 234 g/mol. The lowest BCUT2D eigenvalue weighted by Crippen LogP contribution is -2.26. The Labute approximate surface area is 102 Å². The first-order valence-corrected chi connectivity index (χ1v) is 5.58. The van der Waals surface area contributed by atoms with Gasteiger partial charge in [0, 0.05) is 11.0 Å². The third kappa shape index (κ3) is 4.02. The summed E-state index contributed by atoms with van der Waals surface area (Å²) in [6.07, 6.45) is 0. The Hall–Kier alpha value is -1.64. The molecule has 3 nitrogen and oxygen atoms in total. The van der Waals surface area contributed by atoms with Crippen LogP contribution in [0.15, 0.2) is 24.3 Å². The van der Waals surface area contributed by atoms with Crippen LogP contribution in [0, 0.1) is 5.41 Å². The minimum Gasteiger partial charge on any atom is -0.486 e. The number of benzene rings is 1. The van der Waals surface area contributed by atoms with Crippen molar-refractivity contribution in [3.05, 3.63) is 29.8 Å². The molecule has 0 aromatic heterocycles. The smallest absolute Gasteiger partial charge is 0.175 e. The van der Waals surface area contributed by atoms with Crippen molar-refractivity contribution in [3.8, 4) is 5.75 Å². The topological polar surface area (TPSA) is 43.4 Å². The van der Waals surface area contributed by atoms with E-state index in [0.29, 0.717) is 11.3 Å². The van der Waals surface area contributed by atoms with E-state index >= 15 is 0 Å². The van der Waals surface area contributed by atoms with E-state index in [1.165, 1.54) is 6.92 Å². The zero-order valence-electron chi connectivity index (χ0n) is 10.7. The molecular formula is C14H18O3. The summed E-state index contributed by atoms with van der Waals surface area (Å²) in [4.78, 5) is 22.7. The van der Waals surface area contributed by atoms with Gasteiger partial charge in [0.25, 0.3) is 0 Å². The van der Waals surface area contributed by atoms with Crippen LogP contribution in [0.25, 0.3) is 0 Å². The molecular weight excluding hydrogens is 216 g/mol. The van der Waals surface area contributed by atoms with Crippen LogP contribution in [0.4, 0.5) is 0 Å². The van der Waals surface area contributed by atoms with Crippen LogP contribution >= 0.6 is 0 Å². The third-order valence-corrected chi connectivity index (χ3v) is 2.47. The van der Waals surface area contributed by atoms with Gasteiger partial charge in [-0.2, -0.15) is 0 Å². The Balaban J connectivity index is 2.59. The molecule has 0 aliphatic carbocycles. The summed E-state index contributed by atoms with van der Waals surface area (Å²) < 4.78 is 5.37. The van der Waals surface area contributed by atoms with Crippen LogP contribution < -0.4 is 4.74 Å². The number of carbonyl (C=O) groups excluding carboxylic acids is 2. The molecule has 0 saturated carbocycles. The van der Waals surface area contributed by atoms with Gasteiger partial charge in [0.2, 0.25) is 0 Å². The molecule has 0 amide bonds. The van der Waals surface area contributed by atoms with E-state index in [1.54, 1.807) is 24.3 Å². The quantitative estimate of drug-likeness (QED) is 0.752. The van der Waals surface area contributed by atoms with Crippen LogP contribution in [0.1, 0.15) is 38.1 Å². The van der Waals surface area contributed by atoms with Crippen molar-refractivity contribution in [2.45, 2.75) is 27.7 Å². The number of rotatable bonds is 4. The van der Waals surface area contributed by atoms with Gasteiger partial charge in [-0.05, 0) is 31.2 Å². The van der Waals surface area contributed by atoms with E-state index in [0.717, 1.165) is 0 Å². The van der Waals surface area contributed by atoms with E-state index in [-0.39, 0.29) is 23.6 Å². The summed E-state index contributed by atoms with van der Waals surface area (Å²) in [6, 6.07) is 6.79. The van der Waals surface area contributed by atoms with Gasteiger partial charge in [-0.15, -0.1) is 0 Å². The van der Waals surface area contributed by atoms with Crippen LogP contribution in [0.3, 0.4) is 0 Å². The molecule has 1 rings (SSSR count). The first kappa shape index (κ1) is 13.4. The number of ether oxygens (including phenoxy) is 1. The molecule has 0 N–H and O–H groups in total. The Bertz CT molecular complexity index is 410. The molecule has 0 spiro atoms. The van der Waals surface area contributed by atoms with Crippen LogP contribution in [-0.4, -0.2) is 18.2 Å². The molecule has 0 aliphatic rings. The van der Waals surface area contributed by atoms with Crippen LogP contribution in [-0.2, 0) is 4.79 Å². The molecule has 1 aromatic carbocycles. The van der Waals surface area contributed by atoms with Crippen molar-refractivity contribution >= 4 is 11.6 Å². The predicted molar refractivity (Wildman–Crippen MR) is 66.4 cm³/mol. The molecule has 1 aromatic rings. The minimum absolute atomic E-state index is 0.0160. The number of Topliss-reactive ketones (excluding diaryl/α,β-unsaturated/α-hetero) is 2. The maximum absolute atomic E-state index is 11.6. The Morgan fingerprint density at radius 3 is 2.06 bits per heavy atom. The van der Waals surface area contributed by atoms with Gasteiger partial charge in [-0.25, -0.2) is 0 Å². The second kappa shape index (κ2) is 5.13. The van der Waals surface area contributed by atoms with Gasteiger partial charge in [0.15, 0.2) is 11.6 Å². The molecule has 0 radical (unpaired) electrons. The lowest BCUT2D eigenvalue weighted by atomic mass is 9.91. The molecule has 0 bridgehead atoms. The molecule has 0 heterocycles. The standard InChI is InChI=1S/C14H18O3/c1-10(15)11-5-7-12(8-6-11)17-9-13(16)14(2,3)4/h5-8H,9H2,1-4H3. The fourth-order valence-electron chi connectivity index (χ4n) is 1.15. The summed E-state index contributed by atoms with van der Waals surface area (Å²) in [5, 5.41) is 0. The van der Waals surface area contributed by atoms with Crippen LogP contribution in [0.5, 0.6) is 5.75 Å². The molecule has 0 aliphatic heterocycles. The number of hydrogen-bond donors (Lipinski definition) is 0. The lowest BCUT2D eigenvalue weighted by Gasteiger charge is -2.16.